The van der Waals surface area contributed by atoms with Crippen molar-refractivity contribution < 1.29 is 0 Å². The molecule has 0 fully saturated rings. The molecule has 74 heavy (non-hydrogen) atoms. The van der Waals surface area contributed by atoms with Crippen LogP contribution in [0.4, 0.5) is 17.1 Å². The number of hydrogen-bond donors (Lipinski definition) is 0. The van der Waals surface area contributed by atoms with Crippen LogP contribution in [0.2, 0.25) is 0 Å². The van der Waals surface area contributed by atoms with Crippen LogP contribution in [0.5, 0.6) is 0 Å². The Labute approximate surface area is 444 Å². The predicted octanol–water partition coefficient (Wildman–Crippen LogP) is 20.8. The second-order valence-corrected chi connectivity index (χ2v) is 24.1. The zero-order valence-corrected chi connectivity index (χ0v) is 46.4. The molecule has 0 radical (unpaired) electrons. The van der Waals surface area contributed by atoms with Crippen molar-refractivity contribution in [1.82, 2.24) is 0 Å². The van der Waals surface area contributed by atoms with E-state index >= 15 is 0 Å². The molecule has 0 aliphatic heterocycles. The van der Waals surface area contributed by atoms with Gasteiger partial charge in [-0.2, -0.15) is 0 Å². The van der Waals surface area contributed by atoms with E-state index in [1.807, 2.05) is 0 Å². The van der Waals surface area contributed by atoms with Crippen LogP contribution in [0.3, 0.4) is 0 Å². The van der Waals surface area contributed by atoms with E-state index in [4.69, 9.17) is 0 Å². The maximum absolute atomic E-state index is 2.65. The molecule has 0 N–H and O–H groups in total. The van der Waals surface area contributed by atoms with Crippen LogP contribution in [0.1, 0.15) is 177 Å². The fourth-order valence-electron chi connectivity index (χ4n) is 14.0. The van der Waals surface area contributed by atoms with Gasteiger partial charge >= 0.3 is 0 Å². The van der Waals surface area contributed by atoms with Crippen molar-refractivity contribution in [3.63, 3.8) is 0 Å². The second-order valence-electron chi connectivity index (χ2n) is 24.1. The van der Waals surface area contributed by atoms with Gasteiger partial charge in [-0.05, 0) is 204 Å². The van der Waals surface area contributed by atoms with Crippen molar-refractivity contribution in [1.29, 1.82) is 0 Å². The molecular formula is C73H77N. The molecule has 1 heteroatoms. The van der Waals surface area contributed by atoms with Gasteiger partial charge < -0.3 is 4.90 Å². The fraction of sp³-hybridized carbons (Fsp3) is 0.315. The number of nitrogens with zero attached hydrogens (tertiary/aromatic N) is 1. The number of para-hydroxylation sites is 2. The van der Waals surface area contributed by atoms with E-state index < -0.39 is 0 Å². The van der Waals surface area contributed by atoms with Gasteiger partial charge in [-0.25, -0.2) is 0 Å². The molecule has 0 bridgehead atoms. The third-order valence-electron chi connectivity index (χ3n) is 18.6. The summed E-state index contributed by atoms with van der Waals surface area (Å²) in [4.78, 5) is 2.40. The average Bonchev–Trinajstić information content (AvgIpc) is 3.97. The molecule has 0 aromatic heterocycles. The summed E-state index contributed by atoms with van der Waals surface area (Å²) in [5, 5.41) is 0. The number of fused-ring (bicyclic) bond motifs is 9. The van der Waals surface area contributed by atoms with E-state index in [2.05, 4.69) is 264 Å². The summed E-state index contributed by atoms with van der Waals surface area (Å²) in [5.41, 5.74) is 28.8. The summed E-state index contributed by atoms with van der Waals surface area (Å²) in [6, 6.07) is 63.5. The first-order chi connectivity index (χ1) is 35.6. The quantitative estimate of drug-likeness (QED) is 0.110. The van der Waals surface area contributed by atoms with Crippen LogP contribution in [-0.4, -0.2) is 0 Å². The Hall–Kier alpha value is -6.70. The van der Waals surface area contributed by atoms with Gasteiger partial charge in [0.15, 0.2) is 0 Å². The number of rotatable bonds is 12. The first kappa shape index (κ1) is 49.5. The summed E-state index contributed by atoms with van der Waals surface area (Å²) in [6.07, 6.45) is 11.1. The summed E-state index contributed by atoms with van der Waals surface area (Å²) >= 11 is 0. The molecule has 8 aromatic rings. The Kier molecular flexibility index (Phi) is 12.2. The Morgan fingerprint density at radius 2 is 0.689 bits per heavy atom. The fourth-order valence-corrected chi connectivity index (χ4v) is 14.0. The maximum atomic E-state index is 2.65. The molecule has 0 saturated carbocycles. The Balaban J connectivity index is 0.939. The lowest BCUT2D eigenvalue weighted by Crippen LogP contribution is -2.24. The zero-order chi connectivity index (χ0) is 52.0. The van der Waals surface area contributed by atoms with Crippen LogP contribution in [-0.2, 0) is 27.1 Å². The van der Waals surface area contributed by atoms with Gasteiger partial charge in [-0.15, -0.1) is 0 Å². The van der Waals surface area contributed by atoms with Crippen molar-refractivity contribution in [3.8, 4) is 44.5 Å². The van der Waals surface area contributed by atoms with Gasteiger partial charge in [0.05, 0.1) is 0 Å². The third kappa shape index (κ3) is 7.61. The molecule has 0 atom stereocenters. The van der Waals surface area contributed by atoms with Gasteiger partial charge in [0.25, 0.3) is 0 Å². The standard InChI is InChI=1S/C73H77N/c1-13-71(14-2)63-39-48(31-35-57(63)58-38-34-56(45-66(58)71)74(54-25-21-19-22-26-54)55-27-23-20-24-28-55)29-30-49-32-36-59-61-46-68-62(47-67(61)72(15-3,16-4)64(59)40-49)60-37-33-50(43-65(60)73(68,17-5)18-6)51-41-52(69(7,8)9)44-53(42-51)70(10,11)12/h19-47H,13-18H2,1-12H3/b30-29+. The molecule has 11 rings (SSSR count). The van der Waals surface area contributed by atoms with E-state index in [9.17, 15) is 0 Å². The Bertz CT molecular complexity index is 3390. The number of hydrogen-bond acceptors (Lipinski definition) is 1. The van der Waals surface area contributed by atoms with Crippen LogP contribution >= 0.6 is 0 Å². The molecule has 0 spiro atoms. The van der Waals surface area contributed by atoms with Crippen molar-refractivity contribution in [2.24, 2.45) is 0 Å². The normalized spacial score (nSPS) is 15.4. The van der Waals surface area contributed by atoms with E-state index in [1.165, 1.54) is 106 Å². The summed E-state index contributed by atoms with van der Waals surface area (Å²) in [7, 11) is 0. The highest BCUT2D eigenvalue weighted by molar-refractivity contribution is 5.92. The molecule has 8 aromatic carbocycles. The van der Waals surface area contributed by atoms with E-state index in [-0.39, 0.29) is 27.1 Å². The molecular weight excluding hydrogens is 891 g/mol. The first-order valence-electron chi connectivity index (χ1n) is 28.1. The molecule has 374 valence electrons. The molecule has 1 nitrogen and oxygen atoms in total. The lowest BCUT2D eigenvalue weighted by molar-refractivity contribution is 0.485. The zero-order valence-electron chi connectivity index (χ0n) is 46.4. The third-order valence-corrected chi connectivity index (χ3v) is 18.6. The molecule has 3 aliphatic rings. The monoisotopic (exact) mass is 968 g/mol. The lowest BCUT2D eigenvalue weighted by atomic mass is 9.71. The number of benzene rings is 8. The molecule has 3 aliphatic carbocycles. The summed E-state index contributed by atoms with van der Waals surface area (Å²) in [5.74, 6) is 0. The lowest BCUT2D eigenvalue weighted by Gasteiger charge is -2.32. The largest absolute Gasteiger partial charge is 0.310 e. The van der Waals surface area contributed by atoms with Gasteiger partial charge in [0.2, 0.25) is 0 Å². The smallest absolute Gasteiger partial charge is 0.0465 e. The molecule has 0 saturated heterocycles. The molecule has 0 unspecified atom stereocenters. The average molecular weight is 968 g/mol. The number of anilines is 3. The minimum Gasteiger partial charge on any atom is -0.310 e. The Morgan fingerprint density at radius 1 is 0.324 bits per heavy atom. The van der Waals surface area contributed by atoms with Crippen molar-refractivity contribution >= 4 is 29.2 Å². The van der Waals surface area contributed by atoms with Crippen molar-refractivity contribution in [2.45, 2.75) is 149 Å². The van der Waals surface area contributed by atoms with Crippen LogP contribution in [0.25, 0.3) is 56.7 Å². The minimum absolute atomic E-state index is 0.0476. The topological polar surface area (TPSA) is 3.24 Å². The van der Waals surface area contributed by atoms with Gasteiger partial charge in [0, 0.05) is 33.3 Å². The van der Waals surface area contributed by atoms with E-state index in [0.717, 1.165) is 49.9 Å². The maximum Gasteiger partial charge on any atom is 0.0465 e. The van der Waals surface area contributed by atoms with Gasteiger partial charge in [-0.3, -0.25) is 0 Å². The SMILES string of the molecule is CCC1(CC)c2cc(/C=C/c3ccc4c(c3)C(CC)(CC)c3cc5c(cc3-4)C(CC)(CC)c3cc(-c4cc(C(C)(C)C)cc(C(C)(C)C)c4)ccc3-5)ccc2-c2ccc(N(c3ccccc3)c3ccccc3)cc21. The van der Waals surface area contributed by atoms with Gasteiger partial charge in [0.1, 0.15) is 0 Å². The highest BCUT2D eigenvalue weighted by Gasteiger charge is 2.47. The van der Waals surface area contributed by atoms with Crippen molar-refractivity contribution in [2.75, 3.05) is 4.90 Å². The second kappa shape index (κ2) is 18.3. The van der Waals surface area contributed by atoms with E-state index in [1.54, 1.807) is 0 Å². The molecule has 0 amide bonds. The highest BCUT2D eigenvalue weighted by Crippen LogP contribution is 2.61. The highest BCUT2D eigenvalue weighted by atomic mass is 15.1. The van der Waals surface area contributed by atoms with E-state index in [0.29, 0.717) is 0 Å². The summed E-state index contributed by atoms with van der Waals surface area (Å²) < 4.78 is 0. The van der Waals surface area contributed by atoms with Gasteiger partial charge in [-0.1, -0.05) is 204 Å². The van der Waals surface area contributed by atoms with Crippen molar-refractivity contribution in [3.05, 3.63) is 219 Å². The van der Waals surface area contributed by atoms with Crippen LogP contribution in [0.15, 0.2) is 164 Å². The summed E-state index contributed by atoms with van der Waals surface area (Å²) in [6.45, 7) is 28.5. The van der Waals surface area contributed by atoms with Crippen LogP contribution < -0.4 is 4.90 Å². The molecule has 0 heterocycles. The Morgan fingerprint density at radius 3 is 1.11 bits per heavy atom. The predicted molar refractivity (Wildman–Crippen MR) is 320 cm³/mol. The first-order valence-corrected chi connectivity index (χ1v) is 28.1. The van der Waals surface area contributed by atoms with Crippen LogP contribution in [0, 0.1) is 0 Å². The minimum atomic E-state index is -0.0742.